The van der Waals surface area contributed by atoms with E-state index in [4.69, 9.17) is 21.1 Å². The van der Waals surface area contributed by atoms with Crippen LogP contribution in [-0.4, -0.2) is 39.1 Å². The molecule has 0 amide bonds. The predicted molar refractivity (Wildman–Crippen MR) is 126 cm³/mol. The Balaban J connectivity index is 1.69. The average Bonchev–Trinajstić information content (AvgIpc) is 2.96. The Kier molecular flexibility index (Phi) is 7.04. The lowest BCUT2D eigenvalue weighted by Gasteiger charge is -2.38. The number of aryl methyl sites for hydroxylation is 1. The molecule has 1 fully saturated rings. The van der Waals surface area contributed by atoms with Gasteiger partial charge in [-0.2, -0.15) is 0 Å². The van der Waals surface area contributed by atoms with E-state index in [1.54, 1.807) is 6.07 Å². The summed E-state index contributed by atoms with van der Waals surface area (Å²) in [5.41, 5.74) is 3.89. The van der Waals surface area contributed by atoms with E-state index in [9.17, 15) is 9.59 Å². The van der Waals surface area contributed by atoms with Crippen LogP contribution < -0.4 is 9.64 Å². The summed E-state index contributed by atoms with van der Waals surface area (Å²) >= 11 is 6.29. The molecule has 3 unspecified atom stereocenters. The number of anilines is 1. The maximum atomic E-state index is 12.2. The van der Waals surface area contributed by atoms with E-state index in [1.165, 1.54) is 18.2 Å². The highest BCUT2D eigenvalue weighted by atomic mass is 35.5. The normalized spacial score (nSPS) is 22.2. The first-order valence-corrected chi connectivity index (χ1v) is 11.8. The lowest BCUT2D eigenvalue weighted by atomic mass is 9.74. The summed E-state index contributed by atoms with van der Waals surface area (Å²) in [7, 11) is 1.39. The van der Waals surface area contributed by atoms with Crippen LogP contribution in [0.3, 0.4) is 0 Å². The molecule has 1 saturated carbocycles. The summed E-state index contributed by atoms with van der Waals surface area (Å²) in [6, 6.07) is 11.6. The number of benzene rings is 2. The molecular weight excluding hydrogens is 426 g/mol. The highest BCUT2D eigenvalue weighted by Gasteiger charge is 2.35. The molecule has 3 atom stereocenters. The smallest absolute Gasteiger partial charge is 0.337 e. The lowest BCUT2D eigenvalue weighted by Crippen LogP contribution is -2.40. The Morgan fingerprint density at radius 3 is 2.78 bits per heavy atom. The van der Waals surface area contributed by atoms with Crippen LogP contribution in [-0.2, 0) is 16.0 Å². The number of aldehydes is 1. The topological polar surface area (TPSA) is 55.8 Å². The van der Waals surface area contributed by atoms with Gasteiger partial charge in [0.05, 0.1) is 25.0 Å². The van der Waals surface area contributed by atoms with Crippen LogP contribution >= 0.6 is 11.6 Å². The number of halogens is 1. The van der Waals surface area contributed by atoms with Crippen molar-refractivity contribution >= 4 is 29.5 Å². The van der Waals surface area contributed by atoms with Crippen LogP contribution in [0.2, 0.25) is 5.02 Å². The fraction of sp³-hybridized carbons (Fsp3) is 0.462. The van der Waals surface area contributed by atoms with E-state index >= 15 is 0 Å². The third kappa shape index (κ3) is 4.63. The number of methoxy groups -OCH3 is 1. The quantitative estimate of drug-likeness (QED) is 0.419. The van der Waals surface area contributed by atoms with Gasteiger partial charge in [0, 0.05) is 29.9 Å². The van der Waals surface area contributed by atoms with E-state index in [2.05, 4.69) is 24.0 Å². The van der Waals surface area contributed by atoms with E-state index in [-0.39, 0.29) is 17.8 Å². The minimum atomic E-state index is -0.370. The van der Waals surface area contributed by atoms with Crippen LogP contribution in [0.25, 0.3) is 0 Å². The van der Waals surface area contributed by atoms with Gasteiger partial charge in [-0.15, -0.1) is 0 Å². The van der Waals surface area contributed by atoms with Crippen molar-refractivity contribution in [3.8, 4) is 5.75 Å². The maximum Gasteiger partial charge on any atom is 0.337 e. The number of carbonyl (C=O) groups excluding carboxylic acids is 2. The molecule has 5 nitrogen and oxygen atoms in total. The van der Waals surface area contributed by atoms with Gasteiger partial charge in [-0.3, -0.25) is 0 Å². The number of fused-ring (bicyclic) bond motifs is 1. The molecule has 1 aliphatic heterocycles. The zero-order valence-electron chi connectivity index (χ0n) is 18.7. The Morgan fingerprint density at radius 2 is 2.09 bits per heavy atom. The number of rotatable bonds is 7. The molecule has 6 heteroatoms. The third-order valence-electron chi connectivity index (χ3n) is 6.77. The van der Waals surface area contributed by atoms with Gasteiger partial charge < -0.3 is 19.2 Å². The van der Waals surface area contributed by atoms with Gasteiger partial charge in [0.15, 0.2) is 0 Å². The standard InChI is InChI=1S/C26H30ClNO4/c1-3-4-17-11-22(27)8-9-23(17)21-14-28(13-19-5-6-20(19)15-29)24-12-18(26(30)31-2)7-10-25(24)32-16-21/h7-12,15,19-21H,3-6,13-14,16H2,1-2H3. The number of carbonyl (C=O) groups is 2. The molecule has 0 aromatic heterocycles. The third-order valence-corrected chi connectivity index (χ3v) is 7.01. The molecule has 0 spiro atoms. The predicted octanol–water partition coefficient (Wildman–Crippen LogP) is 5.29. The average molecular weight is 456 g/mol. The van der Waals surface area contributed by atoms with Gasteiger partial charge in [0.2, 0.25) is 0 Å². The van der Waals surface area contributed by atoms with Crippen molar-refractivity contribution < 1.29 is 19.1 Å². The molecule has 2 aromatic carbocycles. The second-order valence-electron chi connectivity index (χ2n) is 8.82. The van der Waals surface area contributed by atoms with Gasteiger partial charge >= 0.3 is 5.97 Å². The van der Waals surface area contributed by atoms with Crippen molar-refractivity contribution in [2.24, 2.45) is 11.8 Å². The zero-order chi connectivity index (χ0) is 22.7. The Labute approximate surface area is 194 Å². The Bertz CT molecular complexity index is 992. The molecule has 2 aromatic rings. The SMILES string of the molecule is CCCc1cc(Cl)ccc1C1COc2ccc(C(=O)OC)cc2N(CC2CCC2C=O)C1. The molecule has 1 heterocycles. The van der Waals surface area contributed by atoms with Crippen molar-refractivity contribution in [2.75, 3.05) is 31.7 Å². The summed E-state index contributed by atoms with van der Waals surface area (Å²) in [6.45, 7) is 4.22. The molecule has 4 rings (SSSR count). The fourth-order valence-electron chi connectivity index (χ4n) is 4.84. The highest BCUT2D eigenvalue weighted by Crippen LogP contribution is 2.40. The van der Waals surface area contributed by atoms with E-state index in [1.807, 2.05) is 18.2 Å². The molecule has 170 valence electrons. The summed E-state index contributed by atoms with van der Waals surface area (Å²) in [6.07, 6.45) is 5.08. The first-order chi connectivity index (χ1) is 15.5. The van der Waals surface area contributed by atoms with Gasteiger partial charge in [0.25, 0.3) is 0 Å². The van der Waals surface area contributed by atoms with Gasteiger partial charge in [0.1, 0.15) is 12.0 Å². The van der Waals surface area contributed by atoms with Crippen molar-refractivity contribution in [3.05, 3.63) is 58.1 Å². The molecule has 0 radical (unpaired) electrons. The number of ether oxygens (including phenoxy) is 2. The summed E-state index contributed by atoms with van der Waals surface area (Å²) in [4.78, 5) is 25.9. The molecule has 0 bridgehead atoms. The minimum Gasteiger partial charge on any atom is -0.491 e. The van der Waals surface area contributed by atoms with Crippen LogP contribution in [0.4, 0.5) is 5.69 Å². The van der Waals surface area contributed by atoms with E-state index in [0.717, 1.165) is 61.5 Å². The Hall–Kier alpha value is -2.53. The second-order valence-corrected chi connectivity index (χ2v) is 9.25. The molecule has 2 aliphatic rings. The van der Waals surface area contributed by atoms with Crippen LogP contribution in [0.1, 0.15) is 53.6 Å². The van der Waals surface area contributed by atoms with E-state index in [0.29, 0.717) is 18.1 Å². The van der Waals surface area contributed by atoms with Crippen molar-refractivity contribution in [3.63, 3.8) is 0 Å². The first-order valence-electron chi connectivity index (χ1n) is 11.4. The Morgan fingerprint density at radius 1 is 1.25 bits per heavy atom. The van der Waals surface area contributed by atoms with Crippen molar-refractivity contribution in [1.29, 1.82) is 0 Å². The van der Waals surface area contributed by atoms with Crippen LogP contribution in [0.5, 0.6) is 5.75 Å². The molecule has 1 aliphatic carbocycles. The van der Waals surface area contributed by atoms with Crippen LogP contribution in [0.15, 0.2) is 36.4 Å². The summed E-state index contributed by atoms with van der Waals surface area (Å²) in [5, 5.41) is 0.748. The number of hydrogen-bond donors (Lipinski definition) is 0. The molecular formula is C26H30ClNO4. The minimum absolute atomic E-state index is 0.107. The fourth-order valence-corrected chi connectivity index (χ4v) is 5.04. The largest absolute Gasteiger partial charge is 0.491 e. The molecule has 0 saturated heterocycles. The van der Waals surface area contributed by atoms with Crippen molar-refractivity contribution in [2.45, 2.75) is 38.5 Å². The number of nitrogens with zero attached hydrogens (tertiary/aromatic N) is 1. The maximum absolute atomic E-state index is 12.2. The second kappa shape index (κ2) is 9.95. The number of hydrogen-bond acceptors (Lipinski definition) is 5. The van der Waals surface area contributed by atoms with Crippen LogP contribution in [0, 0.1) is 11.8 Å². The lowest BCUT2D eigenvalue weighted by molar-refractivity contribution is -0.115. The van der Waals surface area contributed by atoms with E-state index < -0.39 is 0 Å². The summed E-state index contributed by atoms with van der Waals surface area (Å²) in [5.74, 6) is 0.967. The molecule has 0 N–H and O–H groups in total. The highest BCUT2D eigenvalue weighted by molar-refractivity contribution is 6.30. The van der Waals surface area contributed by atoms with Crippen molar-refractivity contribution in [1.82, 2.24) is 0 Å². The first kappa shape index (κ1) is 22.7. The molecule has 32 heavy (non-hydrogen) atoms. The van der Waals surface area contributed by atoms with Gasteiger partial charge in [-0.1, -0.05) is 31.0 Å². The van der Waals surface area contributed by atoms with Gasteiger partial charge in [-0.25, -0.2) is 4.79 Å². The number of esters is 1. The van der Waals surface area contributed by atoms with Gasteiger partial charge in [-0.05, 0) is 66.6 Å². The summed E-state index contributed by atoms with van der Waals surface area (Å²) < 4.78 is 11.2. The monoisotopic (exact) mass is 455 g/mol. The zero-order valence-corrected chi connectivity index (χ0v) is 19.4.